The van der Waals surface area contributed by atoms with Gasteiger partial charge >= 0.3 is 5.97 Å². The van der Waals surface area contributed by atoms with E-state index in [9.17, 15) is 13.2 Å². The first-order valence-corrected chi connectivity index (χ1v) is 9.43. The summed E-state index contributed by atoms with van der Waals surface area (Å²) in [5, 5.41) is 0. The number of methoxy groups -OCH3 is 1. The van der Waals surface area contributed by atoms with Gasteiger partial charge in [0.1, 0.15) is 0 Å². The van der Waals surface area contributed by atoms with Crippen LogP contribution >= 0.6 is 11.3 Å². The molecule has 3 saturated carbocycles. The third-order valence-electron chi connectivity index (χ3n) is 5.18. The van der Waals surface area contributed by atoms with Crippen LogP contribution in [-0.4, -0.2) is 32.5 Å². The molecule has 4 atom stereocenters. The quantitative estimate of drug-likeness (QED) is 0.841. The van der Waals surface area contributed by atoms with Crippen molar-refractivity contribution in [2.24, 2.45) is 23.7 Å². The third-order valence-corrected chi connectivity index (χ3v) is 8.01. The lowest BCUT2D eigenvalue weighted by molar-refractivity contribution is 0.0590. The molecule has 4 unspecified atom stereocenters. The van der Waals surface area contributed by atoms with Gasteiger partial charge in [-0.2, -0.15) is 0 Å². The second kappa shape index (κ2) is 4.50. The molecule has 0 aromatic carbocycles. The topological polar surface area (TPSA) is 85.4 Å². The number of ether oxygens (including phenoxy) is 1. The molecule has 3 fully saturated rings. The molecular weight excluding hydrogens is 312 g/mol. The molecule has 8 heteroatoms. The van der Waals surface area contributed by atoms with Crippen LogP contribution < -0.4 is 4.72 Å². The van der Waals surface area contributed by atoms with E-state index in [0.717, 1.165) is 11.3 Å². The van der Waals surface area contributed by atoms with Crippen molar-refractivity contribution >= 4 is 27.3 Å². The van der Waals surface area contributed by atoms with Crippen molar-refractivity contribution in [1.82, 2.24) is 9.71 Å². The Kier molecular flexibility index (Phi) is 2.93. The van der Waals surface area contributed by atoms with Gasteiger partial charge in [0.05, 0.1) is 12.6 Å². The molecule has 114 valence electrons. The average molecular weight is 328 g/mol. The van der Waals surface area contributed by atoms with Gasteiger partial charge in [0.15, 0.2) is 9.90 Å². The van der Waals surface area contributed by atoms with Crippen molar-refractivity contribution in [2.75, 3.05) is 7.11 Å². The minimum atomic E-state index is -3.70. The van der Waals surface area contributed by atoms with Crippen molar-refractivity contribution in [3.8, 4) is 0 Å². The fourth-order valence-corrected chi connectivity index (χ4v) is 6.83. The van der Waals surface area contributed by atoms with Crippen LogP contribution in [0.2, 0.25) is 0 Å². The van der Waals surface area contributed by atoms with E-state index in [4.69, 9.17) is 0 Å². The van der Waals surface area contributed by atoms with Crippen LogP contribution in [0.1, 0.15) is 29.8 Å². The lowest BCUT2D eigenvalue weighted by atomic mass is 10.0. The second-order valence-corrected chi connectivity index (χ2v) is 8.88. The molecule has 4 rings (SSSR count). The zero-order valence-corrected chi connectivity index (χ0v) is 13.1. The molecule has 3 aliphatic rings. The summed E-state index contributed by atoms with van der Waals surface area (Å²) in [6.45, 7) is 0. The molecule has 1 aromatic heterocycles. The highest BCUT2D eigenvalue weighted by molar-refractivity contribution is 7.91. The van der Waals surface area contributed by atoms with E-state index in [1.165, 1.54) is 31.9 Å². The molecule has 2 bridgehead atoms. The molecule has 1 aromatic rings. The number of nitrogens with zero attached hydrogens (tertiary/aromatic N) is 1. The number of aromatic nitrogens is 1. The number of fused-ring (bicyclic) bond motifs is 5. The zero-order valence-electron chi connectivity index (χ0n) is 11.5. The fourth-order valence-electron chi connectivity index (χ4n) is 4.37. The summed E-state index contributed by atoms with van der Waals surface area (Å²) < 4.78 is 32.3. The van der Waals surface area contributed by atoms with Crippen molar-refractivity contribution in [1.29, 1.82) is 0 Å². The molecule has 0 saturated heterocycles. The minimum Gasteiger partial charge on any atom is -0.464 e. The number of nitrogens with one attached hydrogen (secondary N) is 1. The Hall–Kier alpha value is -0.990. The lowest BCUT2D eigenvalue weighted by Gasteiger charge is -2.10. The maximum absolute atomic E-state index is 12.5. The van der Waals surface area contributed by atoms with E-state index in [2.05, 4.69) is 14.4 Å². The summed E-state index contributed by atoms with van der Waals surface area (Å²) in [4.78, 5) is 15.4. The van der Waals surface area contributed by atoms with E-state index in [1.807, 2.05) is 0 Å². The summed E-state index contributed by atoms with van der Waals surface area (Å²) in [6.07, 6.45) is 3.73. The summed E-state index contributed by atoms with van der Waals surface area (Å²) in [5.41, 5.74) is 1.24. The zero-order chi connectivity index (χ0) is 14.8. The van der Waals surface area contributed by atoms with Crippen LogP contribution in [0.15, 0.2) is 9.72 Å². The van der Waals surface area contributed by atoms with Crippen LogP contribution in [-0.2, 0) is 14.8 Å². The number of hydrogen-bond acceptors (Lipinski definition) is 6. The van der Waals surface area contributed by atoms with Gasteiger partial charge in [0.25, 0.3) is 10.0 Å². The van der Waals surface area contributed by atoms with Gasteiger partial charge in [-0.15, -0.1) is 11.3 Å². The van der Waals surface area contributed by atoms with E-state index in [0.29, 0.717) is 23.7 Å². The van der Waals surface area contributed by atoms with Gasteiger partial charge in [-0.3, -0.25) is 0 Å². The lowest BCUT2D eigenvalue weighted by Crippen LogP contribution is -2.30. The van der Waals surface area contributed by atoms with Crippen molar-refractivity contribution in [3.05, 3.63) is 11.2 Å². The Balaban J connectivity index is 1.56. The molecule has 1 N–H and O–H groups in total. The van der Waals surface area contributed by atoms with Gasteiger partial charge in [0, 0.05) is 6.04 Å². The second-order valence-electron chi connectivity index (χ2n) is 6.11. The normalized spacial score (nSPS) is 36.5. The van der Waals surface area contributed by atoms with E-state index < -0.39 is 16.0 Å². The van der Waals surface area contributed by atoms with Crippen LogP contribution in [0.5, 0.6) is 0 Å². The van der Waals surface area contributed by atoms with Crippen molar-refractivity contribution in [2.45, 2.75) is 29.5 Å². The molecule has 0 amide bonds. The Morgan fingerprint density at radius 3 is 2.67 bits per heavy atom. The first kappa shape index (κ1) is 13.7. The maximum Gasteiger partial charge on any atom is 0.358 e. The molecule has 0 spiro atoms. The Bertz CT molecular complexity index is 683. The molecule has 0 radical (unpaired) electrons. The van der Waals surface area contributed by atoms with Crippen molar-refractivity contribution in [3.63, 3.8) is 0 Å². The molecule has 3 aliphatic carbocycles. The summed E-state index contributed by atoms with van der Waals surface area (Å²) in [5.74, 6) is 1.68. The maximum atomic E-state index is 12.5. The summed E-state index contributed by atoms with van der Waals surface area (Å²) in [7, 11) is -2.48. The van der Waals surface area contributed by atoms with E-state index in [1.54, 1.807) is 0 Å². The molecule has 0 aliphatic heterocycles. The highest BCUT2D eigenvalue weighted by Gasteiger charge is 2.65. The number of rotatable bonds is 4. The predicted octanol–water partition coefficient (Wildman–Crippen LogP) is 1.25. The number of thiazole rings is 1. The van der Waals surface area contributed by atoms with Crippen LogP contribution in [0.4, 0.5) is 0 Å². The van der Waals surface area contributed by atoms with Gasteiger partial charge in [0.2, 0.25) is 0 Å². The van der Waals surface area contributed by atoms with Crippen LogP contribution in [0.3, 0.4) is 0 Å². The number of sulfonamides is 1. The number of esters is 1. The molecule has 6 nitrogen and oxygen atoms in total. The molecular formula is C13H16N2O4S2. The molecule has 1 heterocycles. The predicted molar refractivity (Wildman–Crippen MR) is 75.4 cm³/mol. The SMILES string of the molecule is COC(=O)c1ncsc1S(=O)(=O)NC1C2C3CCC(C3)C12. The van der Waals surface area contributed by atoms with E-state index >= 15 is 0 Å². The number of carbonyl (C=O) groups excluding carboxylic acids is 1. The monoisotopic (exact) mass is 328 g/mol. The van der Waals surface area contributed by atoms with Crippen LogP contribution in [0, 0.1) is 23.7 Å². The highest BCUT2D eigenvalue weighted by Crippen LogP contribution is 2.65. The van der Waals surface area contributed by atoms with Gasteiger partial charge in [-0.1, -0.05) is 0 Å². The summed E-state index contributed by atoms with van der Waals surface area (Å²) >= 11 is 0.953. The van der Waals surface area contributed by atoms with Gasteiger partial charge in [-0.05, 0) is 42.9 Å². The minimum absolute atomic E-state index is 0.0355. The number of hydrogen-bond donors (Lipinski definition) is 1. The van der Waals surface area contributed by atoms with Gasteiger partial charge in [-0.25, -0.2) is 22.9 Å². The smallest absolute Gasteiger partial charge is 0.358 e. The first-order valence-electron chi connectivity index (χ1n) is 7.07. The Morgan fingerprint density at radius 1 is 1.38 bits per heavy atom. The molecule has 21 heavy (non-hydrogen) atoms. The van der Waals surface area contributed by atoms with Gasteiger partial charge < -0.3 is 4.74 Å². The third kappa shape index (κ3) is 1.96. The fraction of sp³-hybridized carbons (Fsp3) is 0.692. The van der Waals surface area contributed by atoms with Crippen molar-refractivity contribution < 1.29 is 17.9 Å². The average Bonchev–Trinajstić information content (AvgIpc) is 2.93. The van der Waals surface area contributed by atoms with Crippen LogP contribution in [0.25, 0.3) is 0 Å². The largest absolute Gasteiger partial charge is 0.464 e. The standard InChI is InChI=1S/C13H16N2O4S2/c1-19-12(16)11-13(20-5-14-11)21(17,18)15-10-8-6-2-3-7(4-6)9(8)10/h5-10,15H,2-4H2,1H3. The summed E-state index contributed by atoms with van der Waals surface area (Å²) in [6, 6.07) is 0.0499. The highest BCUT2D eigenvalue weighted by atomic mass is 32.2. The van der Waals surface area contributed by atoms with E-state index in [-0.39, 0.29) is 15.9 Å². The Morgan fingerprint density at radius 2 is 2.05 bits per heavy atom. The Labute approximate surface area is 127 Å². The first-order chi connectivity index (χ1) is 10.0. The number of carbonyl (C=O) groups is 1.